The molecular formula is C7H10N2O4. The van der Waals surface area contributed by atoms with Crippen molar-refractivity contribution in [1.82, 2.24) is 10.2 Å². The van der Waals surface area contributed by atoms with E-state index in [0.29, 0.717) is 0 Å². The second-order valence-electron chi connectivity index (χ2n) is 2.15. The molecule has 0 fully saturated rings. The third kappa shape index (κ3) is 2.51. The van der Waals surface area contributed by atoms with Crippen molar-refractivity contribution in [2.45, 2.75) is 13.5 Å². The molecule has 0 unspecified atom stereocenters. The van der Waals surface area contributed by atoms with Crippen molar-refractivity contribution in [2.75, 3.05) is 13.7 Å². The first-order chi connectivity index (χ1) is 6.27. The van der Waals surface area contributed by atoms with Crippen LogP contribution >= 0.6 is 0 Å². The molecule has 0 amide bonds. The van der Waals surface area contributed by atoms with Gasteiger partial charge >= 0.3 is 11.9 Å². The van der Waals surface area contributed by atoms with E-state index in [-0.39, 0.29) is 25.0 Å². The summed E-state index contributed by atoms with van der Waals surface area (Å²) in [4.78, 5) is 11.0. The number of aromatic nitrogens is 2. The van der Waals surface area contributed by atoms with Crippen LogP contribution in [0.4, 0.5) is 0 Å². The number of carbonyl (C=O) groups excluding carboxylic acids is 1. The van der Waals surface area contributed by atoms with E-state index in [1.807, 2.05) is 0 Å². The number of hydrogen-bond acceptors (Lipinski definition) is 6. The third-order valence-electron chi connectivity index (χ3n) is 1.18. The van der Waals surface area contributed by atoms with Crippen molar-refractivity contribution in [1.29, 1.82) is 0 Å². The van der Waals surface area contributed by atoms with Crippen LogP contribution < -0.4 is 0 Å². The fourth-order valence-corrected chi connectivity index (χ4v) is 0.711. The van der Waals surface area contributed by atoms with Gasteiger partial charge in [0.25, 0.3) is 0 Å². The molecule has 0 atom stereocenters. The van der Waals surface area contributed by atoms with Gasteiger partial charge < -0.3 is 13.9 Å². The number of ether oxygens (including phenoxy) is 2. The van der Waals surface area contributed by atoms with Crippen LogP contribution in [-0.4, -0.2) is 29.9 Å². The van der Waals surface area contributed by atoms with E-state index in [0.717, 1.165) is 0 Å². The van der Waals surface area contributed by atoms with Gasteiger partial charge in [0.05, 0.1) is 6.61 Å². The zero-order chi connectivity index (χ0) is 9.68. The normalized spacial score (nSPS) is 10.0. The van der Waals surface area contributed by atoms with Gasteiger partial charge in [-0.05, 0) is 6.92 Å². The lowest BCUT2D eigenvalue weighted by atomic mass is 10.6. The molecular weight excluding hydrogens is 176 g/mol. The summed E-state index contributed by atoms with van der Waals surface area (Å²) in [6.45, 7) is 2.16. The van der Waals surface area contributed by atoms with Crippen molar-refractivity contribution >= 4 is 5.97 Å². The number of methoxy groups -OCH3 is 1. The average Bonchev–Trinajstić information content (AvgIpc) is 2.54. The number of hydrogen-bond donors (Lipinski definition) is 0. The molecule has 0 saturated carbocycles. The van der Waals surface area contributed by atoms with E-state index >= 15 is 0 Å². The molecule has 0 N–H and O–H groups in total. The zero-order valence-electron chi connectivity index (χ0n) is 7.44. The van der Waals surface area contributed by atoms with Crippen molar-refractivity contribution < 1.29 is 18.7 Å². The van der Waals surface area contributed by atoms with E-state index in [1.54, 1.807) is 6.92 Å². The maximum absolute atomic E-state index is 11.0. The topological polar surface area (TPSA) is 74.5 Å². The van der Waals surface area contributed by atoms with E-state index in [1.165, 1.54) is 7.11 Å². The predicted octanol–water partition coefficient (Wildman–Crippen LogP) is 0.393. The van der Waals surface area contributed by atoms with Gasteiger partial charge in [-0.15, -0.1) is 10.2 Å². The second-order valence-corrected chi connectivity index (χ2v) is 2.15. The highest BCUT2D eigenvalue weighted by Crippen LogP contribution is 2.02. The van der Waals surface area contributed by atoms with Crippen LogP contribution in [0.5, 0.6) is 0 Å². The average molecular weight is 186 g/mol. The van der Waals surface area contributed by atoms with Crippen molar-refractivity contribution in [3.63, 3.8) is 0 Å². The molecule has 13 heavy (non-hydrogen) atoms. The Bertz CT molecular complexity index is 284. The Morgan fingerprint density at radius 2 is 2.31 bits per heavy atom. The van der Waals surface area contributed by atoms with Crippen molar-refractivity contribution in [3.8, 4) is 0 Å². The Balaban J connectivity index is 2.62. The van der Waals surface area contributed by atoms with Gasteiger partial charge in [0, 0.05) is 7.11 Å². The molecule has 0 aromatic carbocycles. The summed E-state index contributed by atoms with van der Waals surface area (Å²) in [6, 6.07) is 0. The molecule has 0 aliphatic carbocycles. The molecule has 0 radical (unpaired) electrons. The molecule has 1 aromatic heterocycles. The monoisotopic (exact) mass is 186 g/mol. The second kappa shape index (κ2) is 4.56. The van der Waals surface area contributed by atoms with E-state index in [9.17, 15) is 4.79 Å². The molecule has 0 bridgehead atoms. The molecule has 72 valence electrons. The van der Waals surface area contributed by atoms with Gasteiger partial charge in [-0.25, -0.2) is 4.79 Å². The lowest BCUT2D eigenvalue weighted by Gasteiger charge is -1.94. The Labute approximate surface area is 74.8 Å². The largest absolute Gasteiger partial charge is 0.459 e. The Morgan fingerprint density at radius 3 is 2.92 bits per heavy atom. The highest BCUT2D eigenvalue weighted by molar-refractivity contribution is 5.83. The standard InChI is InChI=1S/C7H10N2O4/c1-3-12-7(10)6-9-8-5(13-6)4-11-2/h3-4H2,1-2H3. The first-order valence-corrected chi connectivity index (χ1v) is 3.76. The third-order valence-corrected chi connectivity index (χ3v) is 1.18. The first-order valence-electron chi connectivity index (χ1n) is 3.76. The number of carbonyl (C=O) groups is 1. The lowest BCUT2D eigenvalue weighted by molar-refractivity contribution is 0.0474. The summed E-state index contributed by atoms with van der Waals surface area (Å²) in [6.07, 6.45) is 0. The van der Waals surface area contributed by atoms with Crippen molar-refractivity contribution in [2.24, 2.45) is 0 Å². The molecule has 1 heterocycles. The van der Waals surface area contributed by atoms with E-state index < -0.39 is 5.97 Å². The molecule has 0 aliphatic heterocycles. The van der Waals surface area contributed by atoms with Crippen LogP contribution in [0.2, 0.25) is 0 Å². The molecule has 0 saturated heterocycles. The van der Waals surface area contributed by atoms with E-state index in [2.05, 4.69) is 14.9 Å². The molecule has 0 aliphatic rings. The minimum absolute atomic E-state index is 0.145. The maximum Gasteiger partial charge on any atom is 0.396 e. The summed E-state index contributed by atoms with van der Waals surface area (Å²) in [5, 5.41) is 7.05. The molecule has 0 spiro atoms. The van der Waals surface area contributed by atoms with Crippen LogP contribution in [0.15, 0.2) is 4.42 Å². The number of rotatable bonds is 4. The fourth-order valence-electron chi connectivity index (χ4n) is 0.711. The van der Waals surface area contributed by atoms with Crippen molar-refractivity contribution in [3.05, 3.63) is 11.8 Å². The van der Waals surface area contributed by atoms with Crippen LogP contribution in [0.25, 0.3) is 0 Å². The molecule has 6 nitrogen and oxygen atoms in total. The molecule has 6 heteroatoms. The lowest BCUT2D eigenvalue weighted by Crippen LogP contribution is -2.04. The Hall–Kier alpha value is -1.43. The van der Waals surface area contributed by atoms with Crippen LogP contribution in [-0.2, 0) is 16.1 Å². The van der Waals surface area contributed by atoms with Gasteiger partial charge in [0.2, 0.25) is 5.89 Å². The quantitative estimate of drug-likeness (QED) is 0.633. The summed E-state index contributed by atoms with van der Waals surface area (Å²) in [5.41, 5.74) is 0. The summed E-state index contributed by atoms with van der Waals surface area (Å²) < 4.78 is 14.3. The summed E-state index contributed by atoms with van der Waals surface area (Å²) in [7, 11) is 1.49. The summed E-state index contributed by atoms with van der Waals surface area (Å²) >= 11 is 0. The highest BCUT2D eigenvalue weighted by Gasteiger charge is 2.15. The highest BCUT2D eigenvalue weighted by atomic mass is 16.5. The fraction of sp³-hybridized carbons (Fsp3) is 0.571. The van der Waals surface area contributed by atoms with Gasteiger partial charge in [0.1, 0.15) is 6.61 Å². The zero-order valence-corrected chi connectivity index (χ0v) is 7.44. The SMILES string of the molecule is CCOC(=O)c1nnc(COC)o1. The van der Waals surface area contributed by atoms with Gasteiger partial charge in [0.15, 0.2) is 0 Å². The van der Waals surface area contributed by atoms with Crippen LogP contribution in [0.1, 0.15) is 23.5 Å². The number of esters is 1. The smallest absolute Gasteiger partial charge is 0.396 e. The predicted molar refractivity (Wildman–Crippen MR) is 41.0 cm³/mol. The minimum Gasteiger partial charge on any atom is -0.459 e. The van der Waals surface area contributed by atoms with Crippen LogP contribution in [0, 0.1) is 0 Å². The Kier molecular flexibility index (Phi) is 3.39. The number of nitrogens with zero attached hydrogens (tertiary/aromatic N) is 2. The minimum atomic E-state index is -0.614. The Morgan fingerprint density at radius 1 is 1.54 bits per heavy atom. The molecule has 1 aromatic rings. The van der Waals surface area contributed by atoms with E-state index in [4.69, 9.17) is 9.15 Å². The first kappa shape index (κ1) is 9.66. The van der Waals surface area contributed by atoms with Gasteiger partial charge in [-0.3, -0.25) is 0 Å². The maximum atomic E-state index is 11.0. The van der Waals surface area contributed by atoms with Gasteiger partial charge in [-0.2, -0.15) is 0 Å². The molecule has 1 rings (SSSR count). The summed E-state index contributed by atoms with van der Waals surface area (Å²) in [5.74, 6) is -0.503. The van der Waals surface area contributed by atoms with Gasteiger partial charge in [-0.1, -0.05) is 0 Å². The van der Waals surface area contributed by atoms with Crippen LogP contribution in [0.3, 0.4) is 0 Å².